The summed E-state index contributed by atoms with van der Waals surface area (Å²) in [7, 11) is 0. The van der Waals surface area contributed by atoms with Gasteiger partial charge >= 0.3 is 5.97 Å². The predicted molar refractivity (Wildman–Crippen MR) is 91.1 cm³/mol. The lowest BCUT2D eigenvalue weighted by Gasteiger charge is -2.29. The van der Waals surface area contributed by atoms with Crippen LogP contribution >= 0.6 is 0 Å². The molecule has 2 nitrogen and oxygen atoms in total. The molecule has 1 aromatic rings. The Bertz CT molecular complexity index is 467. The van der Waals surface area contributed by atoms with E-state index in [1.165, 1.54) is 63.0 Å². The predicted octanol–water partition coefficient (Wildman–Crippen LogP) is 5.63. The van der Waals surface area contributed by atoms with Gasteiger partial charge in [-0.25, -0.2) is 4.79 Å². The van der Waals surface area contributed by atoms with Crippen LogP contribution in [-0.4, -0.2) is 5.97 Å². The van der Waals surface area contributed by atoms with Gasteiger partial charge in [0, 0.05) is 6.08 Å². The third-order valence-corrected chi connectivity index (χ3v) is 4.80. The molecule has 0 heterocycles. The lowest BCUT2D eigenvalue weighted by Crippen LogP contribution is -2.13. The summed E-state index contributed by atoms with van der Waals surface area (Å²) in [5.74, 6) is 1.81. The van der Waals surface area contributed by atoms with Gasteiger partial charge in [0.2, 0.25) is 0 Å². The summed E-state index contributed by atoms with van der Waals surface area (Å²) in [6, 6.07) is 8.00. The van der Waals surface area contributed by atoms with Crippen LogP contribution in [0.1, 0.15) is 69.8 Å². The van der Waals surface area contributed by atoms with Crippen molar-refractivity contribution in [2.24, 2.45) is 5.92 Å². The molecule has 1 fully saturated rings. The molecule has 0 unspecified atom stereocenters. The summed E-state index contributed by atoms with van der Waals surface area (Å²) in [5, 5.41) is 0. The summed E-state index contributed by atoms with van der Waals surface area (Å²) in [6.45, 7) is 5.68. The molecule has 0 saturated heterocycles. The Balaban J connectivity index is 1.81. The lowest BCUT2D eigenvalue weighted by atomic mass is 9.77. The van der Waals surface area contributed by atoms with Gasteiger partial charge < -0.3 is 4.74 Å². The molecule has 1 saturated carbocycles. The largest absolute Gasteiger partial charge is 0.423 e. The number of rotatable bonds is 7. The smallest absolute Gasteiger partial charge is 0.335 e. The third kappa shape index (κ3) is 5.01. The molecular weight excluding hydrogens is 272 g/mol. The van der Waals surface area contributed by atoms with Crippen molar-refractivity contribution in [3.8, 4) is 5.75 Å². The second kappa shape index (κ2) is 8.77. The Morgan fingerprint density at radius 2 is 1.86 bits per heavy atom. The van der Waals surface area contributed by atoms with Gasteiger partial charge in [0.05, 0.1) is 0 Å². The summed E-state index contributed by atoms with van der Waals surface area (Å²) < 4.78 is 5.12. The van der Waals surface area contributed by atoms with Crippen LogP contribution < -0.4 is 4.74 Å². The number of benzene rings is 1. The van der Waals surface area contributed by atoms with Crippen molar-refractivity contribution in [3.05, 3.63) is 42.5 Å². The zero-order chi connectivity index (χ0) is 15.8. The first-order chi connectivity index (χ1) is 10.7. The molecule has 0 spiro atoms. The molecule has 1 aliphatic carbocycles. The molecule has 0 aliphatic heterocycles. The normalized spacial score (nSPS) is 21.3. The minimum atomic E-state index is -0.402. The van der Waals surface area contributed by atoms with Gasteiger partial charge in [0.15, 0.2) is 0 Å². The molecular formula is C20H28O2. The fourth-order valence-electron chi connectivity index (χ4n) is 3.43. The van der Waals surface area contributed by atoms with E-state index in [0.29, 0.717) is 11.7 Å². The zero-order valence-corrected chi connectivity index (χ0v) is 13.7. The van der Waals surface area contributed by atoms with Crippen molar-refractivity contribution in [2.45, 2.75) is 64.2 Å². The van der Waals surface area contributed by atoms with Gasteiger partial charge in [0.1, 0.15) is 5.75 Å². The Hall–Kier alpha value is -1.57. The zero-order valence-electron chi connectivity index (χ0n) is 13.7. The molecule has 0 atom stereocenters. The van der Waals surface area contributed by atoms with Crippen LogP contribution in [0.5, 0.6) is 5.75 Å². The maximum absolute atomic E-state index is 11.2. The lowest BCUT2D eigenvalue weighted by molar-refractivity contribution is -0.128. The second-order valence-electron chi connectivity index (χ2n) is 6.41. The van der Waals surface area contributed by atoms with Crippen LogP contribution in [-0.2, 0) is 4.79 Å². The fourth-order valence-corrected chi connectivity index (χ4v) is 3.43. The van der Waals surface area contributed by atoms with E-state index in [-0.39, 0.29) is 0 Å². The number of ether oxygens (including phenoxy) is 1. The summed E-state index contributed by atoms with van der Waals surface area (Å²) in [6.07, 6.45) is 12.0. The fraction of sp³-hybridized carbons (Fsp3) is 0.550. The molecule has 2 rings (SSSR count). The quantitative estimate of drug-likeness (QED) is 0.282. The Morgan fingerprint density at radius 3 is 2.45 bits per heavy atom. The summed E-state index contributed by atoms with van der Waals surface area (Å²) in [5.41, 5.74) is 1.38. The highest BCUT2D eigenvalue weighted by Gasteiger charge is 2.22. The molecule has 0 aromatic heterocycles. The van der Waals surface area contributed by atoms with Crippen LogP contribution in [0.25, 0.3) is 0 Å². The van der Waals surface area contributed by atoms with Crippen LogP contribution in [0.15, 0.2) is 36.9 Å². The molecule has 0 amide bonds. The van der Waals surface area contributed by atoms with Crippen molar-refractivity contribution in [1.29, 1.82) is 0 Å². The van der Waals surface area contributed by atoms with E-state index >= 15 is 0 Å². The first kappa shape index (κ1) is 16.8. The van der Waals surface area contributed by atoms with Crippen molar-refractivity contribution in [3.63, 3.8) is 0 Å². The maximum Gasteiger partial charge on any atom is 0.335 e. The monoisotopic (exact) mass is 300 g/mol. The van der Waals surface area contributed by atoms with Crippen LogP contribution in [0.4, 0.5) is 0 Å². The van der Waals surface area contributed by atoms with Crippen molar-refractivity contribution in [2.75, 3.05) is 0 Å². The third-order valence-electron chi connectivity index (χ3n) is 4.80. The number of carbonyl (C=O) groups is 1. The number of hydrogen-bond donors (Lipinski definition) is 0. The maximum atomic E-state index is 11.2. The number of unbranched alkanes of at least 4 members (excludes halogenated alkanes) is 2. The van der Waals surface area contributed by atoms with Crippen molar-refractivity contribution < 1.29 is 9.53 Å². The topological polar surface area (TPSA) is 26.3 Å². The number of esters is 1. The van der Waals surface area contributed by atoms with Crippen LogP contribution in [0.2, 0.25) is 0 Å². The minimum absolute atomic E-state index is 0.402. The Kier molecular flexibility index (Phi) is 6.70. The SMILES string of the molecule is C=CC(=O)Oc1ccc(C2CCC(CCCCC)CC2)cc1. The van der Waals surface area contributed by atoms with E-state index in [1.54, 1.807) is 0 Å². The molecule has 22 heavy (non-hydrogen) atoms. The Labute approximate surface area is 134 Å². The molecule has 1 aromatic carbocycles. The molecule has 0 bridgehead atoms. The van der Waals surface area contributed by atoms with Gasteiger partial charge in [0.25, 0.3) is 0 Å². The first-order valence-corrected chi connectivity index (χ1v) is 8.67. The first-order valence-electron chi connectivity index (χ1n) is 8.67. The van der Waals surface area contributed by atoms with E-state index < -0.39 is 5.97 Å². The molecule has 0 N–H and O–H groups in total. The standard InChI is InChI=1S/C20H28O2/c1-3-5-6-7-16-8-10-17(11-9-16)18-12-14-19(15-13-18)22-20(21)4-2/h4,12-17H,2-3,5-11H2,1H3. The highest BCUT2D eigenvalue weighted by molar-refractivity contribution is 5.83. The van der Waals surface area contributed by atoms with Crippen molar-refractivity contribution in [1.82, 2.24) is 0 Å². The average Bonchev–Trinajstić information content (AvgIpc) is 2.56. The molecule has 1 aliphatic rings. The van der Waals surface area contributed by atoms with E-state index in [9.17, 15) is 4.79 Å². The highest BCUT2D eigenvalue weighted by atomic mass is 16.5. The van der Waals surface area contributed by atoms with Gasteiger partial charge in [-0.15, -0.1) is 0 Å². The summed E-state index contributed by atoms with van der Waals surface area (Å²) >= 11 is 0. The number of carbonyl (C=O) groups excluding carboxylic acids is 1. The molecule has 0 radical (unpaired) electrons. The van der Waals surface area contributed by atoms with Gasteiger partial charge in [-0.1, -0.05) is 51.3 Å². The number of hydrogen-bond acceptors (Lipinski definition) is 2. The highest BCUT2D eigenvalue weighted by Crippen LogP contribution is 2.38. The van der Waals surface area contributed by atoms with E-state index in [1.807, 2.05) is 12.1 Å². The van der Waals surface area contributed by atoms with Gasteiger partial charge in [-0.2, -0.15) is 0 Å². The molecule has 2 heteroatoms. The van der Waals surface area contributed by atoms with E-state index in [4.69, 9.17) is 4.74 Å². The van der Waals surface area contributed by atoms with E-state index in [0.717, 1.165) is 5.92 Å². The molecule has 120 valence electrons. The van der Waals surface area contributed by atoms with Crippen molar-refractivity contribution >= 4 is 5.97 Å². The van der Waals surface area contributed by atoms with Gasteiger partial charge in [-0.3, -0.25) is 0 Å². The van der Waals surface area contributed by atoms with Crippen LogP contribution in [0.3, 0.4) is 0 Å². The average molecular weight is 300 g/mol. The van der Waals surface area contributed by atoms with Gasteiger partial charge in [-0.05, 0) is 55.2 Å². The van der Waals surface area contributed by atoms with Crippen LogP contribution in [0, 0.1) is 5.92 Å². The summed E-state index contributed by atoms with van der Waals surface area (Å²) in [4.78, 5) is 11.2. The minimum Gasteiger partial charge on any atom is -0.423 e. The van der Waals surface area contributed by atoms with E-state index in [2.05, 4.69) is 25.6 Å². The second-order valence-corrected chi connectivity index (χ2v) is 6.41. The Morgan fingerprint density at radius 1 is 1.18 bits per heavy atom.